The fourth-order valence-corrected chi connectivity index (χ4v) is 6.56. The third-order valence-electron chi connectivity index (χ3n) is 6.04. The molecule has 7 nitrogen and oxygen atoms in total. The van der Waals surface area contributed by atoms with Crippen molar-refractivity contribution in [2.45, 2.75) is 42.5 Å². The van der Waals surface area contributed by atoms with Gasteiger partial charge < -0.3 is 4.74 Å². The van der Waals surface area contributed by atoms with Crippen molar-refractivity contribution in [3.63, 3.8) is 0 Å². The maximum atomic E-state index is 13.2. The molecule has 0 amide bonds. The van der Waals surface area contributed by atoms with Crippen molar-refractivity contribution in [2.24, 2.45) is 0 Å². The van der Waals surface area contributed by atoms with Crippen LogP contribution < -0.4 is 9.46 Å². The molecule has 10 heteroatoms. The summed E-state index contributed by atoms with van der Waals surface area (Å²) in [6.07, 6.45) is 8.00. The van der Waals surface area contributed by atoms with E-state index in [9.17, 15) is 8.42 Å². The quantitative estimate of drug-likeness (QED) is 0.117. The molecule has 4 rings (SSSR count). The summed E-state index contributed by atoms with van der Waals surface area (Å²) < 4.78 is 35.3. The van der Waals surface area contributed by atoms with Crippen molar-refractivity contribution in [3.05, 3.63) is 95.1 Å². The van der Waals surface area contributed by atoms with Gasteiger partial charge in [-0.25, -0.2) is 8.42 Å². The first-order chi connectivity index (χ1) is 18.9. The molecule has 2 aromatic heterocycles. The number of benzene rings is 2. The van der Waals surface area contributed by atoms with E-state index in [-0.39, 0.29) is 10.7 Å². The minimum Gasteiger partial charge on any atom is -0.494 e. The molecule has 2 N–H and O–H groups in total. The highest BCUT2D eigenvalue weighted by molar-refractivity contribution is 9.10. The number of nitrogens with one attached hydrogen (secondary N) is 2. The third kappa shape index (κ3) is 7.74. The maximum Gasteiger partial charge on any atom is 0.263 e. The predicted octanol–water partition coefficient (Wildman–Crippen LogP) is 7.67. The smallest absolute Gasteiger partial charge is 0.263 e. The number of anilines is 1. The minimum absolute atomic E-state index is 0.128. The maximum absolute atomic E-state index is 13.2. The van der Waals surface area contributed by atoms with E-state index in [1.54, 1.807) is 36.5 Å². The van der Waals surface area contributed by atoms with Gasteiger partial charge in [0, 0.05) is 22.5 Å². The number of aromatic nitrogens is 3. The van der Waals surface area contributed by atoms with E-state index in [0.29, 0.717) is 44.8 Å². The number of hydrogen-bond acceptors (Lipinski definition) is 6. The summed E-state index contributed by atoms with van der Waals surface area (Å²) in [7, 11) is -3.89. The van der Waals surface area contributed by atoms with Gasteiger partial charge in [-0.15, -0.1) is 11.8 Å². The summed E-state index contributed by atoms with van der Waals surface area (Å²) in [4.78, 5) is 4.63. The summed E-state index contributed by atoms with van der Waals surface area (Å²) in [5, 5.41) is 8.05. The van der Waals surface area contributed by atoms with Crippen LogP contribution >= 0.6 is 27.7 Å². The standard InChI is InChI=1S/C29H31BrN4O3S2/c1-3-21(22-12-6-5-7-13-22)11-8-9-18-38-29-27(26-20-24(37-4-2)16-17-31-26)28(32-33-29)34-39(35,36)25-15-10-14-23(30)19-25/h5-10,12-17,19-21H,3-4,11,18H2,1-2H3,(H2,32,33,34). The van der Waals surface area contributed by atoms with Crippen LogP contribution in [0, 0.1) is 0 Å². The van der Waals surface area contributed by atoms with Crippen molar-refractivity contribution < 1.29 is 13.2 Å². The van der Waals surface area contributed by atoms with Crippen LogP contribution in [0.2, 0.25) is 0 Å². The molecule has 0 aliphatic carbocycles. The molecular weight excluding hydrogens is 596 g/mol. The summed E-state index contributed by atoms with van der Waals surface area (Å²) in [5.74, 6) is 1.98. The molecule has 39 heavy (non-hydrogen) atoms. The fourth-order valence-electron chi connectivity index (χ4n) is 4.09. The second kappa shape index (κ2) is 13.8. The summed E-state index contributed by atoms with van der Waals surface area (Å²) in [5.41, 5.74) is 2.48. The lowest BCUT2D eigenvalue weighted by molar-refractivity contribution is 0.340. The molecule has 1 atom stereocenters. The Morgan fingerprint density at radius 2 is 1.90 bits per heavy atom. The van der Waals surface area contributed by atoms with Gasteiger partial charge in [-0.3, -0.25) is 14.8 Å². The van der Waals surface area contributed by atoms with E-state index < -0.39 is 10.0 Å². The Morgan fingerprint density at radius 1 is 1.08 bits per heavy atom. The largest absolute Gasteiger partial charge is 0.494 e. The second-order valence-electron chi connectivity index (χ2n) is 8.68. The lowest BCUT2D eigenvalue weighted by Gasteiger charge is -2.12. The van der Waals surface area contributed by atoms with Crippen LogP contribution in [0.15, 0.2) is 99.5 Å². The monoisotopic (exact) mass is 626 g/mol. The molecule has 2 heterocycles. The number of H-pyrrole nitrogens is 1. The Morgan fingerprint density at radius 3 is 2.64 bits per heavy atom. The molecule has 0 saturated heterocycles. The molecule has 0 fully saturated rings. The Kier molecular flexibility index (Phi) is 10.2. The number of ether oxygens (including phenoxy) is 1. The number of pyridine rings is 1. The number of rotatable bonds is 13. The van der Waals surface area contributed by atoms with Crippen LogP contribution in [0.4, 0.5) is 5.82 Å². The van der Waals surface area contributed by atoms with Gasteiger partial charge in [-0.05, 0) is 55.5 Å². The molecule has 0 bridgehead atoms. The highest BCUT2D eigenvalue weighted by Crippen LogP contribution is 2.37. The SMILES string of the molecule is CCOc1ccnc(-c2c(NS(=O)(=O)c3cccc(Br)c3)n[nH]c2SCC=CCC(CC)c2ccccc2)c1. The van der Waals surface area contributed by atoms with Gasteiger partial charge in [0.25, 0.3) is 10.0 Å². The Bertz CT molecular complexity index is 1510. The van der Waals surface area contributed by atoms with Gasteiger partial charge in [0.15, 0.2) is 5.82 Å². The van der Waals surface area contributed by atoms with Gasteiger partial charge in [0.05, 0.1) is 22.8 Å². The number of thioether (sulfide) groups is 1. The average Bonchev–Trinajstić information content (AvgIpc) is 3.33. The van der Waals surface area contributed by atoms with Crippen LogP contribution in [-0.4, -0.2) is 36.0 Å². The predicted molar refractivity (Wildman–Crippen MR) is 162 cm³/mol. The molecule has 1 unspecified atom stereocenters. The van der Waals surface area contributed by atoms with E-state index >= 15 is 0 Å². The molecular formula is C29H31BrN4O3S2. The van der Waals surface area contributed by atoms with E-state index in [4.69, 9.17) is 4.74 Å². The van der Waals surface area contributed by atoms with Gasteiger partial charge in [0.1, 0.15) is 10.8 Å². The van der Waals surface area contributed by atoms with E-state index in [1.807, 2.05) is 13.0 Å². The normalized spacial score (nSPS) is 12.5. The third-order valence-corrected chi connectivity index (χ3v) is 8.82. The lowest BCUT2D eigenvalue weighted by Crippen LogP contribution is -2.14. The van der Waals surface area contributed by atoms with Gasteiger partial charge >= 0.3 is 0 Å². The van der Waals surface area contributed by atoms with Crippen LogP contribution in [0.3, 0.4) is 0 Å². The van der Waals surface area contributed by atoms with Crippen LogP contribution in [0.25, 0.3) is 11.3 Å². The first-order valence-electron chi connectivity index (χ1n) is 12.7. The lowest BCUT2D eigenvalue weighted by atomic mass is 9.93. The Labute approximate surface area is 242 Å². The fraction of sp³-hybridized carbons (Fsp3) is 0.241. The van der Waals surface area contributed by atoms with Gasteiger partial charge in [-0.2, -0.15) is 5.10 Å². The summed E-state index contributed by atoms with van der Waals surface area (Å²) in [6.45, 7) is 4.62. The first-order valence-corrected chi connectivity index (χ1v) is 16.0. The number of halogens is 1. The average molecular weight is 628 g/mol. The number of allylic oxidation sites excluding steroid dienone is 1. The van der Waals surface area contributed by atoms with E-state index in [0.717, 1.165) is 12.8 Å². The Balaban J connectivity index is 1.56. The van der Waals surface area contributed by atoms with E-state index in [1.165, 1.54) is 23.4 Å². The topological polar surface area (TPSA) is 97.0 Å². The molecule has 4 aromatic rings. The van der Waals surface area contributed by atoms with Crippen molar-refractivity contribution >= 4 is 43.5 Å². The summed E-state index contributed by atoms with van der Waals surface area (Å²) >= 11 is 4.87. The summed E-state index contributed by atoms with van der Waals surface area (Å²) in [6, 6.07) is 20.6. The van der Waals surface area contributed by atoms with Crippen LogP contribution in [0.1, 0.15) is 38.2 Å². The number of hydrogen-bond donors (Lipinski definition) is 2. The molecule has 2 aromatic carbocycles. The molecule has 0 aliphatic rings. The molecule has 204 valence electrons. The van der Waals surface area contributed by atoms with Crippen molar-refractivity contribution in [1.82, 2.24) is 15.2 Å². The Hall–Kier alpha value is -3.08. The van der Waals surface area contributed by atoms with E-state index in [2.05, 4.69) is 79.2 Å². The zero-order chi connectivity index (χ0) is 27.7. The van der Waals surface area contributed by atoms with Crippen LogP contribution in [-0.2, 0) is 10.0 Å². The number of nitrogens with zero attached hydrogens (tertiary/aromatic N) is 2. The number of aromatic amines is 1. The van der Waals surface area contributed by atoms with Crippen molar-refractivity contribution in [3.8, 4) is 17.0 Å². The highest BCUT2D eigenvalue weighted by atomic mass is 79.9. The molecule has 0 spiro atoms. The molecule has 0 saturated carbocycles. The molecule has 0 radical (unpaired) electrons. The van der Waals surface area contributed by atoms with Crippen molar-refractivity contribution in [2.75, 3.05) is 17.1 Å². The first kappa shape index (κ1) is 28.9. The second-order valence-corrected chi connectivity index (χ2v) is 12.3. The van der Waals surface area contributed by atoms with Gasteiger partial charge in [0.2, 0.25) is 0 Å². The van der Waals surface area contributed by atoms with Crippen LogP contribution in [0.5, 0.6) is 5.75 Å². The van der Waals surface area contributed by atoms with Gasteiger partial charge in [-0.1, -0.05) is 71.4 Å². The number of sulfonamides is 1. The highest BCUT2D eigenvalue weighted by Gasteiger charge is 2.23. The minimum atomic E-state index is -3.89. The van der Waals surface area contributed by atoms with Crippen molar-refractivity contribution in [1.29, 1.82) is 0 Å². The molecule has 0 aliphatic heterocycles. The zero-order valence-electron chi connectivity index (χ0n) is 21.8. The zero-order valence-corrected chi connectivity index (χ0v) is 25.0.